The third-order valence-electron chi connectivity index (χ3n) is 4.92. The first-order valence-corrected chi connectivity index (χ1v) is 10.9. The monoisotopic (exact) mass is 430 g/mol. The lowest BCUT2D eigenvalue weighted by molar-refractivity contribution is 0.282. The average Bonchev–Trinajstić information content (AvgIpc) is 3.17. The lowest BCUT2D eigenvalue weighted by Crippen LogP contribution is -2.08. The number of nitrogens with zero attached hydrogens (tertiary/aromatic N) is 3. The van der Waals surface area contributed by atoms with E-state index in [4.69, 9.17) is 16.6 Å². The molecule has 7 nitrogen and oxygen atoms in total. The maximum atomic E-state index is 13.7. The minimum Gasteiger partial charge on any atom is -0.396 e. The number of aromatic nitrogens is 3. The van der Waals surface area contributed by atoms with Gasteiger partial charge in [0.2, 0.25) is 0 Å². The normalized spacial score (nSPS) is 10.9. The van der Waals surface area contributed by atoms with E-state index < -0.39 is 0 Å². The van der Waals surface area contributed by atoms with Crippen molar-refractivity contribution >= 4 is 17.3 Å². The molecule has 0 spiro atoms. The fourth-order valence-corrected chi connectivity index (χ4v) is 3.15. The molecule has 0 saturated heterocycles. The third kappa shape index (κ3) is 7.48. The Bertz CT molecular complexity index is 922. The van der Waals surface area contributed by atoms with E-state index in [0.29, 0.717) is 36.3 Å². The summed E-state index contributed by atoms with van der Waals surface area (Å²) >= 11 is 0. The van der Waals surface area contributed by atoms with Crippen molar-refractivity contribution in [2.45, 2.75) is 58.4 Å². The van der Waals surface area contributed by atoms with Gasteiger partial charge in [0.15, 0.2) is 5.65 Å². The second kappa shape index (κ2) is 12.9. The van der Waals surface area contributed by atoms with Gasteiger partial charge in [0.1, 0.15) is 17.5 Å². The van der Waals surface area contributed by atoms with E-state index in [1.807, 2.05) is 0 Å². The maximum absolute atomic E-state index is 13.7. The van der Waals surface area contributed by atoms with Crippen molar-refractivity contribution in [2.24, 2.45) is 5.73 Å². The number of rotatable bonds is 10. The Morgan fingerprint density at radius 1 is 1.13 bits per heavy atom. The summed E-state index contributed by atoms with van der Waals surface area (Å²) in [4.78, 5) is 4.35. The van der Waals surface area contributed by atoms with Crippen LogP contribution in [0.15, 0.2) is 36.5 Å². The van der Waals surface area contributed by atoms with Crippen LogP contribution in [0.2, 0.25) is 0 Å². The van der Waals surface area contributed by atoms with Crippen molar-refractivity contribution in [2.75, 3.05) is 24.2 Å². The fraction of sp³-hybridized carbons (Fsp3) is 0.478. The molecule has 0 fully saturated rings. The van der Waals surface area contributed by atoms with E-state index >= 15 is 0 Å². The van der Waals surface area contributed by atoms with Crippen LogP contribution in [0.3, 0.4) is 0 Å². The highest BCUT2D eigenvalue weighted by molar-refractivity contribution is 5.59. The van der Waals surface area contributed by atoms with Crippen molar-refractivity contribution in [3.63, 3.8) is 0 Å². The maximum Gasteiger partial charge on any atom is 0.163 e. The van der Waals surface area contributed by atoms with Crippen LogP contribution in [0.4, 0.5) is 16.0 Å². The van der Waals surface area contributed by atoms with Crippen LogP contribution in [0.1, 0.15) is 63.0 Å². The summed E-state index contributed by atoms with van der Waals surface area (Å²) < 4.78 is 15.4. The number of fused-ring (bicyclic) bond motifs is 1. The minimum absolute atomic E-state index is 0.239. The molecule has 31 heavy (non-hydrogen) atoms. The summed E-state index contributed by atoms with van der Waals surface area (Å²) in [5, 5.41) is 15.9. The Hall–Kier alpha value is -2.71. The minimum atomic E-state index is -0.239. The molecule has 0 aliphatic heterocycles. The van der Waals surface area contributed by atoms with E-state index in [2.05, 4.69) is 29.2 Å². The molecule has 3 rings (SSSR count). The van der Waals surface area contributed by atoms with E-state index in [9.17, 15) is 4.39 Å². The highest BCUT2D eigenvalue weighted by Crippen LogP contribution is 2.23. The van der Waals surface area contributed by atoms with Crippen LogP contribution in [0.5, 0.6) is 0 Å². The zero-order valence-electron chi connectivity index (χ0n) is 18.5. The standard InChI is InChI=1S/C16H18FN5.C7H17NO/c1-10(2)12-9-20-22-15(7-14(18)21-16(12)22)19-8-11-5-3-4-6-13(11)17;8-6-4-2-1-3-5-7-9/h3-7,9-10,19H,8H2,1-2H3,(H2,18,21);9H,1-8H2. The summed E-state index contributed by atoms with van der Waals surface area (Å²) in [6, 6.07) is 8.36. The van der Waals surface area contributed by atoms with Gasteiger partial charge in [0, 0.05) is 30.3 Å². The summed E-state index contributed by atoms with van der Waals surface area (Å²) in [6.07, 6.45) is 7.46. The molecular weight excluding hydrogens is 395 g/mol. The Labute approximate surface area is 183 Å². The van der Waals surface area contributed by atoms with Crippen molar-refractivity contribution in [3.8, 4) is 0 Å². The Morgan fingerprint density at radius 3 is 2.52 bits per heavy atom. The van der Waals surface area contributed by atoms with Gasteiger partial charge in [-0.2, -0.15) is 9.61 Å². The van der Waals surface area contributed by atoms with E-state index in [1.165, 1.54) is 18.9 Å². The number of hydrogen-bond donors (Lipinski definition) is 4. The number of benzene rings is 1. The molecule has 0 radical (unpaired) electrons. The summed E-state index contributed by atoms with van der Waals surface area (Å²) in [5.74, 6) is 1.16. The van der Waals surface area contributed by atoms with Gasteiger partial charge in [0.25, 0.3) is 0 Å². The van der Waals surface area contributed by atoms with Gasteiger partial charge in [-0.25, -0.2) is 9.37 Å². The topological polar surface area (TPSA) is 114 Å². The van der Waals surface area contributed by atoms with Gasteiger partial charge >= 0.3 is 0 Å². The highest BCUT2D eigenvalue weighted by atomic mass is 19.1. The molecule has 170 valence electrons. The average molecular weight is 431 g/mol. The van der Waals surface area contributed by atoms with Gasteiger partial charge in [-0.05, 0) is 31.4 Å². The third-order valence-corrected chi connectivity index (χ3v) is 4.92. The molecule has 0 unspecified atom stereocenters. The lowest BCUT2D eigenvalue weighted by Gasteiger charge is -2.10. The second-order valence-corrected chi connectivity index (χ2v) is 7.78. The Kier molecular flexibility index (Phi) is 10.2. The van der Waals surface area contributed by atoms with E-state index in [-0.39, 0.29) is 5.82 Å². The van der Waals surface area contributed by atoms with Crippen LogP contribution in [-0.2, 0) is 6.54 Å². The van der Waals surface area contributed by atoms with Crippen LogP contribution >= 0.6 is 0 Å². The van der Waals surface area contributed by atoms with Gasteiger partial charge < -0.3 is 21.9 Å². The molecule has 2 heterocycles. The number of anilines is 2. The Balaban J connectivity index is 0.000000323. The SMILES string of the molecule is CC(C)c1cnn2c(NCc3ccccc3F)cc(N)nc12.NCCCCCCCO. The summed E-state index contributed by atoms with van der Waals surface area (Å²) in [7, 11) is 0. The zero-order chi connectivity index (χ0) is 22.6. The molecule has 0 aliphatic carbocycles. The lowest BCUT2D eigenvalue weighted by atomic mass is 10.1. The second-order valence-electron chi connectivity index (χ2n) is 7.78. The van der Waals surface area contributed by atoms with Crippen LogP contribution < -0.4 is 16.8 Å². The van der Waals surface area contributed by atoms with Crippen LogP contribution in [0, 0.1) is 5.82 Å². The van der Waals surface area contributed by atoms with Crippen LogP contribution in [0.25, 0.3) is 5.65 Å². The van der Waals surface area contributed by atoms with E-state index in [0.717, 1.165) is 37.0 Å². The predicted octanol–water partition coefficient (Wildman–Crippen LogP) is 4.07. The summed E-state index contributed by atoms with van der Waals surface area (Å²) in [5.41, 5.74) is 13.5. The van der Waals surface area contributed by atoms with Gasteiger partial charge in [-0.1, -0.05) is 51.3 Å². The van der Waals surface area contributed by atoms with Gasteiger partial charge in [-0.15, -0.1) is 0 Å². The summed E-state index contributed by atoms with van der Waals surface area (Å²) in [6.45, 7) is 5.65. The quantitative estimate of drug-likeness (QED) is 0.360. The molecule has 0 aliphatic rings. The Morgan fingerprint density at radius 2 is 1.84 bits per heavy atom. The molecule has 0 saturated carbocycles. The molecule has 1 aromatic carbocycles. The largest absolute Gasteiger partial charge is 0.396 e. The molecule has 0 amide bonds. The van der Waals surface area contributed by atoms with Crippen molar-refractivity contribution in [1.82, 2.24) is 14.6 Å². The van der Waals surface area contributed by atoms with Crippen LogP contribution in [-0.4, -0.2) is 32.9 Å². The molecule has 6 N–H and O–H groups in total. The van der Waals surface area contributed by atoms with Crippen molar-refractivity contribution in [3.05, 3.63) is 53.5 Å². The van der Waals surface area contributed by atoms with Gasteiger partial charge in [-0.3, -0.25) is 0 Å². The number of nitrogens with one attached hydrogen (secondary N) is 1. The smallest absolute Gasteiger partial charge is 0.163 e. The molecule has 0 atom stereocenters. The van der Waals surface area contributed by atoms with Crippen molar-refractivity contribution in [1.29, 1.82) is 0 Å². The number of aliphatic hydroxyl groups excluding tert-OH is 1. The van der Waals surface area contributed by atoms with Gasteiger partial charge in [0.05, 0.1) is 6.20 Å². The van der Waals surface area contributed by atoms with Crippen molar-refractivity contribution < 1.29 is 9.50 Å². The van der Waals surface area contributed by atoms with E-state index in [1.54, 1.807) is 35.0 Å². The molecule has 0 bridgehead atoms. The molecular formula is C23H35FN6O. The number of hydrogen-bond acceptors (Lipinski definition) is 6. The highest BCUT2D eigenvalue weighted by Gasteiger charge is 2.13. The molecule has 8 heteroatoms. The molecule has 3 aromatic rings. The fourth-order valence-electron chi connectivity index (χ4n) is 3.15. The first kappa shape index (κ1) is 24.6. The number of aliphatic hydroxyl groups is 1. The number of nitrogen functional groups attached to an aromatic ring is 1. The number of unbranched alkanes of at least 4 members (excludes halogenated alkanes) is 4. The number of halogens is 1. The first-order valence-electron chi connectivity index (χ1n) is 10.9. The predicted molar refractivity (Wildman–Crippen MR) is 124 cm³/mol. The number of nitrogens with two attached hydrogens (primary N) is 2. The zero-order valence-corrected chi connectivity index (χ0v) is 18.5. The first-order chi connectivity index (χ1) is 15.0. The molecule has 2 aromatic heterocycles.